The zero-order valence-electron chi connectivity index (χ0n) is 12.4. The third-order valence-corrected chi connectivity index (χ3v) is 3.70. The molecule has 2 aromatic carbocycles. The summed E-state index contributed by atoms with van der Waals surface area (Å²) in [4.78, 5) is 0. The molecule has 21 heavy (non-hydrogen) atoms. The highest BCUT2D eigenvalue weighted by molar-refractivity contribution is 9.10. The van der Waals surface area contributed by atoms with Gasteiger partial charge in [-0.25, -0.2) is 0 Å². The second-order valence-electron chi connectivity index (χ2n) is 5.89. The molecular formula is C17H19BrClNO. The van der Waals surface area contributed by atoms with E-state index in [1.54, 1.807) is 0 Å². The Kier molecular flexibility index (Phi) is 5.31. The van der Waals surface area contributed by atoms with Crippen LogP contribution in [0.2, 0.25) is 5.02 Å². The highest BCUT2D eigenvalue weighted by atomic mass is 79.9. The highest BCUT2D eigenvalue weighted by Gasteiger charge is 2.12. The van der Waals surface area contributed by atoms with Gasteiger partial charge in [0.2, 0.25) is 0 Å². The summed E-state index contributed by atoms with van der Waals surface area (Å²) in [5.41, 5.74) is 1.16. The Morgan fingerprint density at radius 2 is 1.81 bits per heavy atom. The minimum absolute atomic E-state index is 0.0561. The highest BCUT2D eigenvalue weighted by Crippen LogP contribution is 2.33. The van der Waals surface area contributed by atoms with Crippen molar-refractivity contribution < 1.29 is 4.74 Å². The average Bonchev–Trinajstić information content (AvgIpc) is 2.41. The van der Waals surface area contributed by atoms with E-state index in [2.05, 4.69) is 48.1 Å². The number of benzene rings is 2. The van der Waals surface area contributed by atoms with Crippen molar-refractivity contribution in [3.63, 3.8) is 0 Å². The molecule has 0 bridgehead atoms. The topological polar surface area (TPSA) is 21.3 Å². The Balaban J connectivity index is 2.22. The van der Waals surface area contributed by atoms with Crippen molar-refractivity contribution >= 4 is 27.5 Å². The summed E-state index contributed by atoms with van der Waals surface area (Å²) >= 11 is 9.62. The lowest BCUT2D eigenvalue weighted by molar-refractivity contribution is 0.414. The van der Waals surface area contributed by atoms with E-state index in [0.717, 1.165) is 22.3 Å². The number of nitrogens with one attached hydrogen (secondary N) is 1. The fourth-order valence-electron chi connectivity index (χ4n) is 1.78. The molecule has 2 nitrogen and oxygen atoms in total. The van der Waals surface area contributed by atoms with Gasteiger partial charge in [-0.3, -0.25) is 0 Å². The second kappa shape index (κ2) is 6.82. The summed E-state index contributed by atoms with van der Waals surface area (Å²) < 4.78 is 6.92. The number of halogens is 2. The van der Waals surface area contributed by atoms with Crippen molar-refractivity contribution in [1.82, 2.24) is 5.32 Å². The summed E-state index contributed by atoms with van der Waals surface area (Å²) in [7, 11) is 0. The molecule has 112 valence electrons. The molecule has 2 aromatic rings. The maximum absolute atomic E-state index is 6.19. The Labute approximate surface area is 139 Å². The lowest BCUT2D eigenvalue weighted by atomic mass is 10.1. The van der Waals surface area contributed by atoms with Crippen LogP contribution in [0.4, 0.5) is 0 Å². The van der Waals surface area contributed by atoms with Crippen molar-refractivity contribution in [1.29, 1.82) is 0 Å². The smallest absolute Gasteiger partial charge is 0.147 e. The van der Waals surface area contributed by atoms with Gasteiger partial charge in [-0.15, -0.1) is 0 Å². The number of hydrogen-bond acceptors (Lipinski definition) is 2. The SMILES string of the molecule is CC(C)(C)NCc1ccccc1Oc1cc(Br)ccc1Cl. The summed E-state index contributed by atoms with van der Waals surface area (Å²) in [5, 5.41) is 4.06. The van der Waals surface area contributed by atoms with E-state index in [1.807, 2.05) is 36.4 Å². The summed E-state index contributed by atoms with van der Waals surface area (Å²) in [5.74, 6) is 1.46. The molecule has 0 fully saturated rings. The van der Waals surface area contributed by atoms with Crippen LogP contribution in [-0.4, -0.2) is 5.54 Å². The first-order valence-corrected chi connectivity index (χ1v) is 7.98. The van der Waals surface area contributed by atoms with Gasteiger partial charge < -0.3 is 10.1 Å². The van der Waals surface area contributed by atoms with E-state index in [1.165, 1.54) is 0 Å². The molecule has 2 rings (SSSR count). The minimum atomic E-state index is 0.0561. The van der Waals surface area contributed by atoms with Gasteiger partial charge in [0.05, 0.1) is 5.02 Å². The van der Waals surface area contributed by atoms with Gasteiger partial charge in [0, 0.05) is 22.1 Å². The van der Waals surface area contributed by atoms with Crippen LogP contribution in [0, 0.1) is 0 Å². The van der Waals surface area contributed by atoms with Crippen molar-refractivity contribution in [2.75, 3.05) is 0 Å². The molecule has 0 aliphatic carbocycles. The Morgan fingerprint density at radius 3 is 2.52 bits per heavy atom. The first kappa shape index (κ1) is 16.3. The molecule has 0 unspecified atom stereocenters. The van der Waals surface area contributed by atoms with Gasteiger partial charge in [-0.05, 0) is 45.0 Å². The average molecular weight is 369 g/mol. The molecule has 0 aliphatic rings. The largest absolute Gasteiger partial charge is 0.455 e. The van der Waals surface area contributed by atoms with Crippen LogP contribution in [-0.2, 0) is 6.54 Å². The number of ether oxygens (including phenoxy) is 1. The molecule has 0 saturated heterocycles. The summed E-state index contributed by atoms with van der Waals surface area (Å²) in [6.07, 6.45) is 0. The molecule has 0 spiro atoms. The molecule has 0 amide bonds. The maximum Gasteiger partial charge on any atom is 0.147 e. The summed E-state index contributed by atoms with van der Waals surface area (Å²) in [6, 6.07) is 13.6. The molecule has 4 heteroatoms. The van der Waals surface area contributed by atoms with Crippen LogP contribution < -0.4 is 10.1 Å². The van der Waals surface area contributed by atoms with E-state index in [-0.39, 0.29) is 5.54 Å². The van der Waals surface area contributed by atoms with Crippen LogP contribution in [0.25, 0.3) is 0 Å². The van der Waals surface area contributed by atoms with Crippen LogP contribution in [0.3, 0.4) is 0 Å². The van der Waals surface area contributed by atoms with E-state index in [9.17, 15) is 0 Å². The van der Waals surface area contributed by atoms with Crippen molar-refractivity contribution in [2.24, 2.45) is 0 Å². The van der Waals surface area contributed by atoms with Gasteiger partial charge in [0.25, 0.3) is 0 Å². The molecule has 0 saturated carbocycles. The zero-order chi connectivity index (χ0) is 15.5. The van der Waals surface area contributed by atoms with Crippen LogP contribution >= 0.6 is 27.5 Å². The predicted octanol–water partition coefficient (Wildman–Crippen LogP) is 5.78. The van der Waals surface area contributed by atoms with E-state index < -0.39 is 0 Å². The van der Waals surface area contributed by atoms with Crippen molar-refractivity contribution in [3.8, 4) is 11.5 Å². The molecular weight excluding hydrogens is 350 g/mol. The van der Waals surface area contributed by atoms with Crippen molar-refractivity contribution in [3.05, 3.63) is 57.5 Å². The quantitative estimate of drug-likeness (QED) is 0.738. The first-order chi connectivity index (χ1) is 9.85. The van der Waals surface area contributed by atoms with E-state index in [0.29, 0.717) is 10.8 Å². The normalized spacial score (nSPS) is 11.5. The maximum atomic E-state index is 6.19. The number of rotatable bonds is 4. The summed E-state index contributed by atoms with van der Waals surface area (Å²) in [6.45, 7) is 7.16. The van der Waals surface area contributed by atoms with Gasteiger partial charge in [0.15, 0.2) is 0 Å². The van der Waals surface area contributed by atoms with E-state index in [4.69, 9.17) is 16.3 Å². The monoisotopic (exact) mass is 367 g/mol. The molecule has 0 atom stereocenters. The van der Waals surface area contributed by atoms with Crippen LogP contribution in [0.1, 0.15) is 26.3 Å². The second-order valence-corrected chi connectivity index (χ2v) is 7.21. The fourth-order valence-corrected chi connectivity index (χ4v) is 2.28. The minimum Gasteiger partial charge on any atom is -0.455 e. The van der Waals surface area contributed by atoms with Gasteiger partial charge >= 0.3 is 0 Å². The first-order valence-electron chi connectivity index (χ1n) is 6.81. The fraction of sp³-hybridized carbons (Fsp3) is 0.294. The lowest BCUT2D eigenvalue weighted by Crippen LogP contribution is -2.35. The van der Waals surface area contributed by atoms with Gasteiger partial charge in [-0.2, -0.15) is 0 Å². The number of hydrogen-bond donors (Lipinski definition) is 1. The third-order valence-electron chi connectivity index (χ3n) is 2.89. The zero-order valence-corrected chi connectivity index (χ0v) is 14.8. The molecule has 0 aliphatic heterocycles. The van der Waals surface area contributed by atoms with Gasteiger partial charge in [-0.1, -0.05) is 45.7 Å². The molecule has 0 radical (unpaired) electrons. The van der Waals surface area contributed by atoms with Crippen molar-refractivity contribution in [2.45, 2.75) is 32.9 Å². The number of para-hydroxylation sites is 1. The van der Waals surface area contributed by atoms with Crippen LogP contribution in [0.15, 0.2) is 46.9 Å². The standard InChI is InChI=1S/C17H19BrClNO/c1-17(2,3)20-11-12-6-4-5-7-15(12)21-16-10-13(18)8-9-14(16)19/h4-10,20H,11H2,1-3H3. The Bertz CT molecular complexity index is 622. The van der Waals surface area contributed by atoms with E-state index >= 15 is 0 Å². The predicted molar refractivity (Wildman–Crippen MR) is 92.3 cm³/mol. The third kappa shape index (κ3) is 5.03. The van der Waals surface area contributed by atoms with Crippen LogP contribution in [0.5, 0.6) is 11.5 Å². The van der Waals surface area contributed by atoms with Gasteiger partial charge in [0.1, 0.15) is 11.5 Å². The Hall–Kier alpha value is -1.03. The Morgan fingerprint density at radius 1 is 1.10 bits per heavy atom. The molecule has 0 heterocycles. The molecule has 0 aromatic heterocycles. The lowest BCUT2D eigenvalue weighted by Gasteiger charge is -2.21. The molecule has 1 N–H and O–H groups in total.